The van der Waals surface area contributed by atoms with Gasteiger partial charge in [0.25, 0.3) is 7.82 Å². The van der Waals surface area contributed by atoms with Crippen molar-refractivity contribution in [1.29, 1.82) is 0 Å². The Labute approximate surface area is 287 Å². The fourth-order valence-electron chi connectivity index (χ4n) is 4.45. The molecule has 0 radical (unpaired) electrons. The largest absolute Gasteiger partial charge is 0.756 e. The van der Waals surface area contributed by atoms with Crippen LogP contribution in [0.1, 0.15) is 136 Å². The summed E-state index contributed by atoms with van der Waals surface area (Å²) in [4.78, 5) is 37.1. The third-order valence-corrected chi connectivity index (χ3v) is 8.36. The van der Waals surface area contributed by atoms with Crippen LogP contribution >= 0.6 is 7.82 Å². The van der Waals surface area contributed by atoms with Gasteiger partial charge in [0.2, 0.25) is 0 Å². The van der Waals surface area contributed by atoms with Gasteiger partial charge in [-0.3, -0.25) is 14.2 Å². The summed E-state index contributed by atoms with van der Waals surface area (Å²) in [6, 6.07) is 0. The maximum Gasteiger partial charge on any atom is 0.306 e. The van der Waals surface area contributed by atoms with E-state index in [1.165, 1.54) is 51.4 Å². The summed E-state index contributed by atoms with van der Waals surface area (Å²) in [5, 5.41) is 0. The van der Waals surface area contributed by atoms with Crippen molar-refractivity contribution in [2.75, 3.05) is 47.5 Å². The van der Waals surface area contributed by atoms with Crippen LogP contribution in [0, 0.1) is 0 Å². The third-order valence-electron chi connectivity index (χ3n) is 7.40. The number of hydrogen-bond acceptors (Lipinski definition) is 8. The molecule has 0 aromatic heterocycles. The number of esters is 2. The molecule has 0 aromatic rings. The van der Waals surface area contributed by atoms with Crippen LogP contribution < -0.4 is 4.89 Å². The number of likely N-dealkylation sites (N-methyl/N-ethyl adjacent to an activating group) is 1. The fourth-order valence-corrected chi connectivity index (χ4v) is 5.18. The molecule has 0 spiro atoms. The van der Waals surface area contributed by atoms with Crippen LogP contribution in [0.4, 0.5) is 0 Å². The lowest BCUT2D eigenvalue weighted by atomic mass is 10.1. The molecule has 0 saturated carbocycles. The van der Waals surface area contributed by atoms with E-state index < -0.39 is 32.5 Å². The van der Waals surface area contributed by atoms with E-state index in [2.05, 4.69) is 38.2 Å². The molecule has 47 heavy (non-hydrogen) atoms. The van der Waals surface area contributed by atoms with Gasteiger partial charge in [0.15, 0.2) is 6.10 Å². The van der Waals surface area contributed by atoms with Crippen molar-refractivity contribution in [1.82, 2.24) is 0 Å². The number of phosphoric acid groups is 1. The number of unbranched alkanes of at least 4 members (excludes halogenated alkanes) is 12. The molecule has 0 saturated heterocycles. The zero-order valence-corrected chi connectivity index (χ0v) is 31.4. The maximum absolute atomic E-state index is 12.5. The molecule has 0 aliphatic carbocycles. The SMILES string of the molecule is CCCC/C=C/CCCCCCC(=O)OCC(COP(=O)([O-])OCC[N+](C)(C)C)OC(=O)CC/C=C/C/C=C/CCCCCCCC. The third kappa shape index (κ3) is 33.9. The van der Waals surface area contributed by atoms with E-state index in [0.29, 0.717) is 23.9 Å². The Kier molecular flexibility index (Phi) is 29.2. The predicted molar refractivity (Wildman–Crippen MR) is 190 cm³/mol. The van der Waals surface area contributed by atoms with E-state index in [0.717, 1.165) is 44.9 Å². The molecule has 0 rings (SSSR count). The molecule has 9 nitrogen and oxygen atoms in total. The zero-order valence-electron chi connectivity index (χ0n) is 30.5. The summed E-state index contributed by atoms with van der Waals surface area (Å²) in [5.41, 5.74) is 0. The van der Waals surface area contributed by atoms with Gasteiger partial charge >= 0.3 is 11.9 Å². The predicted octanol–water partition coefficient (Wildman–Crippen LogP) is 8.77. The minimum atomic E-state index is -4.63. The normalized spacial score (nSPS) is 14.3. The number of carbonyl (C=O) groups is 2. The molecular weight excluding hydrogens is 617 g/mol. The Balaban J connectivity index is 4.59. The Bertz CT molecular complexity index is 913. The molecule has 0 bridgehead atoms. The molecule has 2 unspecified atom stereocenters. The average molecular weight is 686 g/mol. The van der Waals surface area contributed by atoms with Crippen LogP contribution in [0.5, 0.6) is 0 Å². The fraction of sp³-hybridized carbons (Fsp3) is 0.784. The number of quaternary nitrogens is 1. The second-order valence-electron chi connectivity index (χ2n) is 13.2. The van der Waals surface area contributed by atoms with Gasteiger partial charge in [-0.1, -0.05) is 108 Å². The summed E-state index contributed by atoms with van der Waals surface area (Å²) >= 11 is 0. The van der Waals surface area contributed by atoms with Gasteiger partial charge in [-0.25, -0.2) is 0 Å². The van der Waals surface area contributed by atoms with Gasteiger partial charge in [0, 0.05) is 12.8 Å². The summed E-state index contributed by atoms with van der Waals surface area (Å²) < 4.78 is 33.5. The second kappa shape index (κ2) is 30.3. The first-order valence-corrected chi connectivity index (χ1v) is 19.7. The average Bonchev–Trinajstić information content (AvgIpc) is 3.01. The van der Waals surface area contributed by atoms with Crippen LogP contribution in [0.2, 0.25) is 0 Å². The van der Waals surface area contributed by atoms with Crippen molar-refractivity contribution >= 4 is 19.8 Å². The Morgan fingerprint density at radius 3 is 1.85 bits per heavy atom. The van der Waals surface area contributed by atoms with Gasteiger partial charge in [0.1, 0.15) is 19.8 Å². The first-order valence-electron chi connectivity index (χ1n) is 18.2. The quantitative estimate of drug-likeness (QED) is 0.0227. The smallest absolute Gasteiger partial charge is 0.306 e. The molecule has 0 aliphatic rings. The van der Waals surface area contributed by atoms with Gasteiger partial charge in [-0.15, -0.1) is 0 Å². The number of phosphoric ester groups is 1. The van der Waals surface area contributed by atoms with Gasteiger partial charge < -0.3 is 27.9 Å². The molecule has 0 heterocycles. The Hall–Kier alpha value is -1.77. The van der Waals surface area contributed by atoms with E-state index in [4.69, 9.17) is 18.5 Å². The van der Waals surface area contributed by atoms with Gasteiger partial charge in [0.05, 0.1) is 27.7 Å². The molecule has 0 amide bonds. The monoisotopic (exact) mass is 685 g/mol. The van der Waals surface area contributed by atoms with E-state index in [-0.39, 0.29) is 26.1 Å². The Morgan fingerprint density at radius 2 is 1.21 bits per heavy atom. The molecule has 0 aliphatic heterocycles. The number of allylic oxidation sites excluding steroid dienone is 6. The first kappa shape index (κ1) is 45.2. The lowest BCUT2D eigenvalue weighted by molar-refractivity contribution is -0.870. The molecule has 274 valence electrons. The number of hydrogen-bond donors (Lipinski definition) is 0. The van der Waals surface area contributed by atoms with Crippen LogP contribution in [-0.4, -0.2) is 70.0 Å². The maximum atomic E-state index is 12.5. The molecule has 0 fully saturated rings. The van der Waals surface area contributed by atoms with Crippen LogP contribution in [0.25, 0.3) is 0 Å². The van der Waals surface area contributed by atoms with Gasteiger partial charge in [-0.2, -0.15) is 0 Å². The highest BCUT2D eigenvalue weighted by Gasteiger charge is 2.21. The first-order chi connectivity index (χ1) is 22.5. The van der Waals surface area contributed by atoms with Crippen LogP contribution in [0.3, 0.4) is 0 Å². The molecule has 10 heteroatoms. The summed E-state index contributed by atoms with van der Waals surface area (Å²) in [6.07, 6.45) is 30.5. The van der Waals surface area contributed by atoms with Crippen LogP contribution in [0.15, 0.2) is 36.5 Å². The van der Waals surface area contributed by atoms with Crippen molar-refractivity contribution in [3.8, 4) is 0 Å². The molecule has 0 N–H and O–H groups in total. The number of ether oxygens (including phenoxy) is 2. The van der Waals surface area contributed by atoms with E-state index in [1.807, 2.05) is 33.3 Å². The van der Waals surface area contributed by atoms with E-state index in [9.17, 15) is 19.0 Å². The van der Waals surface area contributed by atoms with Crippen molar-refractivity contribution in [3.05, 3.63) is 36.5 Å². The van der Waals surface area contributed by atoms with Crippen LogP contribution in [-0.2, 0) is 32.7 Å². The minimum Gasteiger partial charge on any atom is -0.756 e. The second-order valence-corrected chi connectivity index (χ2v) is 14.6. The highest BCUT2D eigenvalue weighted by Crippen LogP contribution is 2.38. The zero-order chi connectivity index (χ0) is 35.1. The van der Waals surface area contributed by atoms with Crippen molar-refractivity contribution < 1.29 is 42.1 Å². The highest BCUT2D eigenvalue weighted by molar-refractivity contribution is 7.45. The van der Waals surface area contributed by atoms with E-state index in [1.54, 1.807) is 0 Å². The van der Waals surface area contributed by atoms with E-state index >= 15 is 0 Å². The topological polar surface area (TPSA) is 111 Å². The summed E-state index contributed by atoms with van der Waals surface area (Å²) in [5.74, 6) is -0.934. The lowest BCUT2D eigenvalue weighted by Crippen LogP contribution is -2.37. The summed E-state index contributed by atoms with van der Waals surface area (Å²) in [7, 11) is 1.12. The lowest BCUT2D eigenvalue weighted by Gasteiger charge is -2.28. The molecular formula is C37H68NO8P. The number of nitrogens with zero attached hydrogens (tertiary/aromatic N) is 1. The van der Waals surface area contributed by atoms with Crippen molar-refractivity contribution in [2.24, 2.45) is 0 Å². The highest BCUT2D eigenvalue weighted by atomic mass is 31.2. The number of carbonyl (C=O) groups excluding carboxylic acids is 2. The summed E-state index contributed by atoms with van der Waals surface area (Å²) in [6.45, 7) is 4.06. The number of rotatable bonds is 32. The minimum absolute atomic E-state index is 0.0422. The van der Waals surface area contributed by atoms with Gasteiger partial charge in [-0.05, 0) is 51.4 Å². The van der Waals surface area contributed by atoms with Crippen molar-refractivity contribution in [2.45, 2.75) is 142 Å². The Morgan fingerprint density at radius 1 is 0.660 bits per heavy atom. The standard InChI is InChI=1S/C37H68NO8P/c1-6-8-10-12-14-16-18-19-20-22-24-26-28-30-37(40)46-35(34-45-47(41,42)44-32-31-38(3,4)5)33-43-36(39)29-27-25-23-21-17-15-13-11-9-7-2/h13,15,19-20,24,26,35H,6-12,14,16-18,21-23,25,27-34H2,1-5H3/b15-13+,20-19+,26-24+. The van der Waals surface area contributed by atoms with Crippen molar-refractivity contribution in [3.63, 3.8) is 0 Å². The molecule has 2 atom stereocenters. The molecule has 0 aromatic carbocycles.